The van der Waals surface area contributed by atoms with E-state index < -0.39 is 0 Å². The molecule has 5 heteroatoms. The number of nitrogens with zero attached hydrogens (tertiary/aromatic N) is 3. The maximum atomic E-state index is 12.2. The summed E-state index contributed by atoms with van der Waals surface area (Å²) < 4.78 is 2.11. The first-order valence-electron chi connectivity index (χ1n) is 10.1. The molecule has 2 heterocycles. The van der Waals surface area contributed by atoms with Crippen LogP contribution in [0, 0.1) is 5.92 Å². The Kier molecular flexibility index (Phi) is 5.32. The topological polar surface area (TPSA) is 59.8 Å². The molecule has 2 aliphatic rings. The Labute approximate surface area is 155 Å². The number of hydrogen-bond acceptors (Lipinski definition) is 3. The second-order valence-electron chi connectivity index (χ2n) is 7.62. The lowest BCUT2D eigenvalue weighted by Gasteiger charge is -2.15. The molecule has 1 saturated carbocycles. The van der Waals surface area contributed by atoms with Gasteiger partial charge in [0.15, 0.2) is 0 Å². The summed E-state index contributed by atoms with van der Waals surface area (Å²) in [5.74, 6) is 0.797. The normalized spacial score (nSPS) is 17.2. The quantitative estimate of drug-likeness (QED) is 0.865. The second-order valence-corrected chi connectivity index (χ2v) is 7.62. The highest BCUT2D eigenvalue weighted by molar-refractivity contribution is 5.76. The molecule has 138 valence electrons. The van der Waals surface area contributed by atoms with Gasteiger partial charge in [-0.05, 0) is 56.6 Å². The van der Waals surface area contributed by atoms with Crippen LogP contribution in [0.5, 0.6) is 0 Å². The lowest BCUT2D eigenvalue weighted by atomic mass is 9.95. The van der Waals surface area contributed by atoms with E-state index in [1.807, 2.05) is 24.4 Å². The van der Waals surface area contributed by atoms with Crippen LogP contribution in [0.3, 0.4) is 0 Å². The molecule has 0 unspecified atom stereocenters. The van der Waals surface area contributed by atoms with Crippen LogP contribution in [-0.2, 0) is 24.2 Å². The zero-order chi connectivity index (χ0) is 17.8. The number of carbonyl (C=O) groups is 1. The summed E-state index contributed by atoms with van der Waals surface area (Å²) in [5.41, 5.74) is 4.67. The van der Waals surface area contributed by atoms with Gasteiger partial charge in [-0.1, -0.05) is 18.9 Å². The number of hydrogen-bond donors (Lipinski definition) is 1. The molecule has 0 bridgehead atoms. The molecule has 4 rings (SSSR count). The van der Waals surface area contributed by atoms with Crippen LogP contribution in [0.1, 0.15) is 56.2 Å². The summed E-state index contributed by atoms with van der Waals surface area (Å²) in [6.07, 6.45) is 12.1. The lowest BCUT2D eigenvalue weighted by Crippen LogP contribution is -2.29. The number of rotatable bonds is 6. The van der Waals surface area contributed by atoms with E-state index >= 15 is 0 Å². The molecule has 2 aromatic rings. The predicted octanol–water partition coefficient (Wildman–Crippen LogP) is 3.52. The van der Waals surface area contributed by atoms with Gasteiger partial charge in [0.05, 0.1) is 12.2 Å². The number of amides is 1. The Morgan fingerprint density at radius 3 is 2.81 bits per heavy atom. The number of pyridine rings is 1. The van der Waals surface area contributed by atoms with Crippen LogP contribution < -0.4 is 5.32 Å². The zero-order valence-corrected chi connectivity index (χ0v) is 15.4. The van der Waals surface area contributed by atoms with Gasteiger partial charge in [-0.25, -0.2) is 0 Å². The molecule has 0 aliphatic heterocycles. The van der Waals surface area contributed by atoms with Crippen LogP contribution in [0.25, 0.3) is 11.4 Å². The molecule has 0 spiro atoms. The fraction of sp³-hybridized carbons (Fsp3) is 0.571. The molecule has 5 nitrogen and oxygen atoms in total. The molecular weight excluding hydrogens is 324 g/mol. The Hall–Kier alpha value is -2.17. The smallest absolute Gasteiger partial charge is 0.220 e. The maximum Gasteiger partial charge on any atom is 0.220 e. The van der Waals surface area contributed by atoms with Crippen molar-refractivity contribution in [2.75, 3.05) is 6.54 Å². The third-order valence-electron chi connectivity index (χ3n) is 5.76. The van der Waals surface area contributed by atoms with Gasteiger partial charge in [0.2, 0.25) is 5.91 Å². The first-order valence-corrected chi connectivity index (χ1v) is 10.1. The fourth-order valence-electron chi connectivity index (χ4n) is 4.41. The predicted molar refractivity (Wildman–Crippen MR) is 102 cm³/mol. The van der Waals surface area contributed by atoms with Crippen molar-refractivity contribution in [2.45, 2.75) is 64.3 Å². The SMILES string of the molecule is O=C(CC1CCCC1)NCCn1nc(-c2ccccn2)c2c1CCCC2. The Morgan fingerprint density at radius 2 is 2.00 bits per heavy atom. The average molecular weight is 352 g/mol. The molecular formula is C21H28N4O. The van der Waals surface area contributed by atoms with Crippen molar-refractivity contribution in [1.29, 1.82) is 0 Å². The Bertz CT molecular complexity index is 747. The molecule has 0 radical (unpaired) electrons. The molecule has 26 heavy (non-hydrogen) atoms. The second kappa shape index (κ2) is 8.02. The summed E-state index contributed by atoms with van der Waals surface area (Å²) in [4.78, 5) is 16.6. The highest BCUT2D eigenvalue weighted by Crippen LogP contribution is 2.30. The lowest BCUT2D eigenvalue weighted by molar-refractivity contribution is -0.122. The summed E-state index contributed by atoms with van der Waals surface area (Å²) in [5, 5.41) is 7.96. The van der Waals surface area contributed by atoms with Crippen molar-refractivity contribution in [3.05, 3.63) is 35.7 Å². The van der Waals surface area contributed by atoms with E-state index in [0.717, 1.165) is 30.8 Å². The van der Waals surface area contributed by atoms with Crippen LogP contribution in [0.2, 0.25) is 0 Å². The van der Waals surface area contributed by atoms with Crippen molar-refractivity contribution < 1.29 is 4.79 Å². The van der Waals surface area contributed by atoms with Crippen LogP contribution in [0.4, 0.5) is 0 Å². The minimum atomic E-state index is 0.197. The largest absolute Gasteiger partial charge is 0.354 e. The minimum Gasteiger partial charge on any atom is -0.354 e. The molecule has 0 aromatic carbocycles. The average Bonchev–Trinajstić information content (AvgIpc) is 3.31. The van der Waals surface area contributed by atoms with E-state index in [2.05, 4.69) is 15.0 Å². The van der Waals surface area contributed by atoms with Gasteiger partial charge >= 0.3 is 0 Å². The minimum absolute atomic E-state index is 0.197. The number of aromatic nitrogens is 3. The van der Waals surface area contributed by atoms with Gasteiger partial charge in [-0.15, -0.1) is 0 Å². The van der Waals surface area contributed by atoms with Gasteiger partial charge in [-0.2, -0.15) is 5.10 Å². The molecule has 2 aliphatic carbocycles. The van der Waals surface area contributed by atoms with Crippen LogP contribution in [-0.4, -0.2) is 27.2 Å². The van der Waals surface area contributed by atoms with E-state index in [0.29, 0.717) is 18.9 Å². The third-order valence-corrected chi connectivity index (χ3v) is 5.76. The van der Waals surface area contributed by atoms with Crippen LogP contribution >= 0.6 is 0 Å². The van der Waals surface area contributed by atoms with E-state index in [-0.39, 0.29) is 5.91 Å². The Balaban J connectivity index is 1.41. The number of nitrogens with one attached hydrogen (secondary N) is 1. The monoisotopic (exact) mass is 352 g/mol. The molecule has 2 aromatic heterocycles. The van der Waals surface area contributed by atoms with Crippen molar-refractivity contribution in [2.24, 2.45) is 5.92 Å². The van der Waals surface area contributed by atoms with Crippen molar-refractivity contribution in [3.63, 3.8) is 0 Å². The first-order chi connectivity index (χ1) is 12.8. The summed E-state index contributed by atoms with van der Waals surface area (Å²) >= 11 is 0. The summed E-state index contributed by atoms with van der Waals surface area (Å²) in [6, 6.07) is 5.98. The van der Waals surface area contributed by atoms with Crippen molar-refractivity contribution in [3.8, 4) is 11.4 Å². The molecule has 1 fully saturated rings. The third kappa shape index (κ3) is 3.81. The Morgan fingerprint density at radius 1 is 1.15 bits per heavy atom. The van der Waals surface area contributed by atoms with E-state index in [9.17, 15) is 4.79 Å². The van der Waals surface area contributed by atoms with Gasteiger partial charge in [0, 0.05) is 30.4 Å². The van der Waals surface area contributed by atoms with Gasteiger partial charge in [0.1, 0.15) is 5.69 Å². The zero-order valence-electron chi connectivity index (χ0n) is 15.4. The van der Waals surface area contributed by atoms with Gasteiger partial charge in [-0.3, -0.25) is 14.5 Å². The number of fused-ring (bicyclic) bond motifs is 1. The van der Waals surface area contributed by atoms with Gasteiger partial charge < -0.3 is 5.32 Å². The standard InChI is InChI=1S/C21H28N4O/c26-20(15-16-7-1-2-8-16)23-13-14-25-19-11-4-3-9-17(19)21(24-25)18-10-5-6-12-22-18/h5-6,10,12,16H,1-4,7-9,11,13-15H2,(H,23,26). The van der Waals surface area contributed by atoms with Crippen LogP contribution in [0.15, 0.2) is 24.4 Å². The molecule has 0 atom stereocenters. The molecule has 1 amide bonds. The van der Waals surface area contributed by atoms with E-state index in [1.54, 1.807) is 0 Å². The first kappa shape index (κ1) is 17.3. The molecule has 1 N–H and O–H groups in total. The maximum absolute atomic E-state index is 12.2. The van der Waals surface area contributed by atoms with Crippen molar-refractivity contribution >= 4 is 5.91 Å². The molecule has 0 saturated heterocycles. The fourth-order valence-corrected chi connectivity index (χ4v) is 4.41. The van der Waals surface area contributed by atoms with Crippen molar-refractivity contribution in [1.82, 2.24) is 20.1 Å². The van der Waals surface area contributed by atoms with E-state index in [4.69, 9.17) is 5.10 Å². The summed E-state index contributed by atoms with van der Waals surface area (Å²) in [7, 11) is 0. The number of carbonyl (C=O) groups excluding carboxylic acids is 1. The highest BCUT2D eigenvalue weighted by atomic mass is 16.1. The van der Waals surface area contributed by atoms with Gasteiger partial charge in [0.25, 0.3) is 0 Å². The summed E-state index contributed by atoms with van der Waals surface area (Å²) in [6.45, 7) is 1.40. The van der Waals surface area contributed by atoms with E-state index in [1.165, 1.54) is 49.8 Å². The highest BCUT2D eigenvalue weighted by Gasteiger charge is 2.22.